The number of benzene rings is 2. The minimum Gasteiger partial charge on any atom is -0.482 e. The van der Waals surface area contributed by atoms with Gasteiger partial charge in [-0.25, -0.2) is 17.8 Å². The molecule has 0 aliphatic heterocycles. The van der Waals surface area contributed by atoms with Gasteiger partial charge in [0.1, 0.15) is 11.9 Å². The molecule has 3 aromatic rings. The van der Waals surface area contributed by atoms with Crippen molar-refractivity contribution in [3.8, 4) is 16.9 Å². The van der Waals surface area contributed by atoms with Crippen LogP contribution in [0.5, 0.6) is 5.75 Å². The maximum absolute atomic E-state index is 13.8. The first-order valence-electron chi connectivity index (χ1n) is 8.69. The molecule has 0 fully saturated rings. The van der Waals surface area contributed by atoms with E-state index < -0.39 is 21.9 Å². The highest BCUT2D eigenvalue weighted by Gasteiger charge is 2.20. The molecule has 0 saturated carbocycles. The third-order valence-corrected chi connectivity index (χ3v) is 5.49. The van der Waals surface area contributed by atoms with Gasteiger partial charge in [-0.15, -0.1) is 0 Å². The number of nitrogens with zero attached hydrogens (tertiary/aromatic N) is 1. The van der Waals surface area contributed by atoms with Crippen LogP contribution in [-0.4, -0.2) is 19.7 Å². The number of nitrogens with one attached hydrogen (secondary N) is 1. The summed E-state index contributed by atoms with van der Waals surface area (Å²) in [6.45, 7) is 1.66. The summed E-state index contributed by atoms with van der Waals surface area (Å²) < 4.78 is 45.1. The first kappa shape index (κ1) is 22.1. The topological polar surface area (TPSA) is 94.3 Å². The van der Waals surface area contributed by atoms with Crippen LogP contribution in [0.4, 0.5) is 15.9 Å². The number of hydrogen-bond donors (Lipinski definition) is 2. The monoisotopic (exact) mass is 469 g/mol. The number of nitrogen functional groups attached to an aromatic ring is 1. The average molecular weight is 470 g/mol. The smallest absolute Gasteiger partial charge is 0.229 e. The molecule has 1 heterocycles. The lowest BCUT2D eigenvalue weighted by Crippen LogP contribution is -2.09. The first-order chi connectivity index (χ1) is 14.0. The van der Waals surface area contributed by atoms with Crippen LogP contribution in [0.2, 0.25) is 10.0 Å². The molecule has 10 heteroatoms. The summed E-state index contributed by atoms with van der Waals surface area (Å²) in [7, 11) is -3.42. The largest absolute Gasteiger partial charge is 0.482 e. The van der Waals surface area contributed by atoms with Crippen molar-refractivity contribution < 1.29 is 17.5 Å². The number of ether oxygens (including phenoxy) is 1. The predicted molar refractivity (Wildman–Crippen MR) is 118 cm³/mol. The molecule has 0 aliphatic rings. The Labute approximate surface area is 183 Å². The number of halogens is 3. The summed E-state index contributed by atoms with van der Waals surface area (Å²) in [6.07, 6.45) is 1.90. The summed E-state index contributed by atoms with van der Waals surface area (Å²) in [5, 5.41) is 0.133. The van der Waals surface area contributed by atoms with E-state index in [4.69, 9.17) is 33.7 Å². The molecule has 3 rings (SSSR count). The zero-order valence-electron chi connectivity index (χ0n) is 16.0. The lowest BCUT2D eigenvalue weighted by Gasteiger charge is -2.19. The SMILES string of the molecule is CC(Oc1cc(-c2cccc(NS(C)(=O)=O)c2)cnc1N)c1c(Cl)ccc(F)c1Cl. The van der Waals surface area contributed by atoms with Gasteiger partial charge in [0, 0.05) is 28.0 Å². The lowest BCUT2D eigenvalue weighted by atomic mass is 10.1. The summed E-state index contributed by atoms with van der Waals surface area (Å²) >= 11 is 12.2. The average Bonchev–Trinajstić information content (AvgIpc) is 2.66. The van der Waals surface area contributed by atoms with E-state index in [9.17, 15) is 12.8 Å². The van der Waals surface area contributed by atoms with Gasteiger partial charge in [0.2, 0.25) is 10.0 Å². The highest BCUT2D eigenvalue weighted by molar-refractivity contribution is 7.92. The van der Waals surface area contributed by atoms with Gasteiger partial charge >= 0.3 is 0 Å². The molecular weight excluding hydrogens is 452 g/mol. The molecule has 3 N–H and O–H groups in total. The number of nitrogens with two attached hydrogens (primary N) is 1. The van der Waals surface area contributed by atoms with E-state index in [1.54, 1.807) is 37.3 Å². The molecule has 0 spiro atoms. The third-order valence-electron chi connectivity index (χ3n) is 4.17. The van der Waals surface area contributed by atoms with Crippen LogP contribution in [-0.2, 0) is 10.0 Å². The van der Waals surface area contributed by atoms with Crippen molar-refractivity contribution in [2.45, 2.75) is 13.0 Å². The fourth-order valence-corrected chi connectivity index (χ4v) is 4.08. The Morgan fingerprint density at radius 2 is 1.90 bits per heavy atom. The zero-order chi connectivity index (χ0) is 22.1. The van der Waals surface area contributed by atoms with Gasteiger partial charge < -0.3 is 10.5 Å². The van der Waals surface area contributed by atoms with Crippen molar-refractivity contribution in [3.05, 3.63) is 70.1 Å². The zero-order valence-corrected chi connectivity index (χ0v) is 18.3. The number of sulfonamides is 1. The number of anilines is 2. The molecule has 6 nitrogen and oxygen atoms in total. The molecule has 2 aromatic carbocycles. The van der Waals surface area contributed by atoms with Crippen molar-refractivity contribution in [1.29, 1.82) is 0 Å². The van der Waals surface area contributed by atoms with Crippen LogP contribution in [0.25, 0.3) is 11.1 Å². The van der Waals surface area contributed by atoms with Crippen LogP contribution in [0.1, 0.15) is 18.6 Å². The molecule has 1 unspecified atom stereocenters. The summed E-state index contributed by atoms with van der Waals surface area (Å²) in [4.78, 5) is 4.14. The van der Waals surface area contributed by atoms with Crippen molar-refractivity contribution in [2.24, 2.45) is 0 Å². The molecule has 158 valence electrons. The molecule has 1 atom stereocenters. The molecule has 0 saturated heterocycles. The fraction of sp³-hybridized carbons (Fsp3) is 0.150. The molecule has 0 amide bonds. The van der Waals surface area contributed by atoms with Gasteiger partial charge in [-0.05, 0) is 42.8 Å². The Kier molecular flexibility index (Phi) is 6.40. The van der Waals surface area contributed by atoms with Gasteiger partial charge in [-0.2, -0.15) is 0 Å². The van der Waals surface area contributed by atoms with Crippen molar-refractivity contribution in [1.82, 2.24) is 4.98 Å². The van der Waals surface area contributed by atoms with Crippen LogP contribution in [0.15, 0.2) is 48.7 Å². The first-order valence-corrected chi connectivity index (χ1v) is 11.3. The standard InChI is InChI=1S/C20H18Cl2FN3O3S/c1-11(18-15(21)6-7-16(23)19(18)22)29-17-9-13(10-25-20(17)24)12-4-3-5-14(8-12)26-30(2,27)28/h3-11,26H,1-2H3,(H2,24,25). The van der Waals surface area contributed by atoms with Gasteiger partial charge in [0.25, 0.3) is 0 Å². The molecule has 1 aromatic heterocycles. The minimum absolute atomic E-state index is 0.125. The van der Waals surface area contributed by atoms with Gasteiger partial charge in [0.15, 0.2) is 11.6 Å². The highest BCUT2D eigenvalue weighted by Crippen LogP contribution is 2.37. The van der Waals surface area contributed by atoms with Gasteiger partial charge in [0.05, 0.1) is 11.3 Å². The van der Waals surface area contributed by atoms with E-state index in [0.29, 0.717) is 22.4 Å². The van der Waals surface area contributed by atoms with Crippen molar-refractivity contribution >= 4 is 44.7 Å². The van der Waals surface area contributed by atoms with E-state index in [0.717, 1.165) is 6.26 Å². The molecule has 0 bridgehead atoms. The Balaban J connectivity index is 1.93. The maximum atomic E-state index is 13.8. The molecule has 0 aliphatic carbocycles. The Morgan fingerprint density at radius 1 is 1.17 bits per heavy atom. The van der Waals surface area contributed by atoms with Crippen molar-refractivity contribution in [2.75, 3.05) is 16.7 Å². The van der Waals surface area contributed by atoms with Gasteiger partial charge in [-0.1, -0.05) is 35.3 Å². The summed E-state index contributed by atoms with van der Waals surface area (Å²) in [6, 6.07) is 11.0. The normalized spacial score (nSPS) is 12.4. The van der Waals surface area contributed by atoms with E-state index in [2.05, 4.69) is 9.71 Å². The second-order valence-electron chi connectivity index (χ2n) is 6.58. The van der Waals surface area contributed by atoms with Crippen molar-refractivity contribution in [3.63, 3.8) is 0 Å². The van der Waals surface area contributed by atoms with E-state index in [1.165, 1.54) is 18.3 Å². The van der Waals surface area contributed by atoms with Crippen LogP contribution < -0.4 is 15.2 Å². The number of pyridine rings is 1. The van der Waals surface area contributed by atoms with Crippen LogP contribution in [0, 0.1) is 5.82 Å². The Hall–Kier alpha value is -2.55. The second kappa shape index (κ2) is 8.67. The summed E-state index contributed by atoms with van der Waals surface area (Å²) in [5.41, 5.74) is 7.97. The number of rotatable bonds is 6. The number of aromatic nitrogens is 1. The third kappa shape index (κ3) is 5.13. The summed E-state index contributed by atoms with van der Waals surface area (Å²) in [5.74, 6) is -0.237. The van der Waals surface area contributed by atoms with Gasteiger partial charge in [-0.3, -0.25) is 4.72 Å². The molecular formula is C20H18Cl2FN3O3S. The maximum Gasteiger partial charge on any atom is 0.229 e. The van der Waals surface area contributed by atoms with Crippen LogP contribution in [0.3, 0.4) is 0 Å². The van der Waals surface area contributed by atoms with E-state index >= 15 is 0 Å². The second-order valence-corrected chi connectivity index (χ2v) is 9.11. The minimum atomic E-state index is -3.42. The Morgan fingerprint density at radius 3 is 2.60 bits per heavy atom. The van der Waals surface area contributed by atoms with E-state index in [1.807, 2.05) is 0 Å². The quantitative estimate of drug-likeness (QED) is 0.478. The predicted octanol–water partition coefficient (Wildman–Crippen LogP) is 5.29. The Bertz CT molecular complexity index is 1210. The lowest BCUT2D eigenvalue weighted by molar-refractivity contribution is 0.227. The molecule has 0 radical (unpaired) electrons. The number of hydrogen-bond acceptors (Lipinski definition) is 5. The highest BCUT2D eigenvalue weighted by atomic mass is 35.5. The van der Waals surface area contributed by atoms with E-state index in [-0.39, 0.29) is 21.6 Å². The van der Waals surface area contributed by atoms with Crippen LogP contribution >= 0.6 is 23.2 Å². The fourth-order valence-electron chi connectivity index (χ4n) is 2.85. The molecule has 30 heavy (non-hydrogen) atoms.